The maximum absolute atomic E-state index is 12.8. The molecule has 1 amide bonds. The van der Waals surface area contributed by atoms with E-state index >= 15 is 0 Å². The van der Waals surface area contributed by atoms with Gasteiger partial charge in [0, 0.05) is 47.1 Å². The topological polar surface area (TPSA) is 84.7 Å². The molecule has 0 bridgehead atoms. The molecule has 1 aromatic heterocycles. The monoisotopic (exact) mass is 486 g/mol. The lowest BCUT2D eigenvalue weighted by Crippen LogP contribution is -2.26. The lowest BCUT2D eigenvalue weighted by Gasteiger charge is -2.17. The summed E-state index contributed by atoms with van der Waals surface area (Å²) in [4.78, 5) is 19.5. The molecule has 8 nitrogen and oxygen atoms in total. The molecule has 3 rings (SSSR count). The van der Waals surface area contributed by atoms with E-state index in [4.69, 9.17) is 9.72 Å². The van der Waals surface area contributed by atoms with Gasteiger partial charge in [-0.25, -0.2) is 17.7 Å². The molecule has 3 aromatic rings. The van der Waals surface area contributed by atoms with E-state index in [0.29, 0.717) is 24.9 Å². The Hall–Kier alpha value is -2.91. The van der Waals surface area contributed by atoms with E-state index in [1.165, 1.54) is 18.4 Å². The number of carbonyl (C=O) groups is 1. The number of sulfonamides is 1. The molecule has 0 aliphatic rings. The van der Waals surface area contributed by atoms with Gasteiger partial charge in [0.15, 0.2) is 0 Å². The number of amides is 1. The molecule has 0 atom stereocenters. The molecule has 0 aliphatic carbocycles. The van der Waals surface area contributed by atoms with Crippen molar-refractivity contribution in [3.05, 3.63) is 53.9 Å². The molecule has 9 heteroatoms. The minimum absolute atomic E-state index is 0.0285. The van der Waals surface area contributed by atoms with E-state index in [0.717, 1.165) is 42.0 Å². The molecule has 0 fully saturated rings. The molecular formula is C25H34N4O4S. The van der Waals surface area contributed by atoms with Crippen LogP contribution in [0.2, 0.25) is 0 Å². The number of carbonyl (C=O) groups excluding carboxylic acids is 1. The van der Waals surface area contributed by atoms with Gasteiger partial charge in [-0.15, -0.1) is 0 Å². The van der Waals surface area contributed by atoms with Crippen molar-refractivity contribution in [2.75, 3.05) is 28.3 Å². The Bertz CT molecular complexity index is 1230. The Morgan fingerprint density at radius 2 is 1.79 bits per heavy atom. The fourth-order valence-corrected chi connectivity index (χ4v) is 4.71. The molecule has 0 aliphatic heterocycles. The van der Waals surface area contributed by atoms with Gasteiger partial charge in [0.05, 0.1) is 23.0 Å². The van der Waals surface area contributed by atoms with Crippen molar-refractivity contribution in [1.82, 2.24) is 18.8 Å². The van der Waals surface area contributed by atoms with E-state index in [-0.39, 0.29) is 10.8 Å². The molecule has 184 valence electrons. The van der Waals surface area contributed by atoms with Crippen molar-refractivity contribution < 1.29 is 17.9 Å². The molecule has 1 heterocycles. The molecule has 0 saturated heterocycles. The van der Waals surface area contributed by atoms with Gasteiger partial charge in [0.2, 0.25) is 15.9 Å². The first-order valence-corrected chi connectivity index (χ1v) is 12.9. The molecule has 0 spiro atoms. The first kappa shape index (κ1) is 25.7. The Labute approximate surface area is 202 Å². The Kier molecular flexibility index (Phi) is 8.33. The van der Waals surface area contributed by atoms with Crippen LogP contribution in [0.5, 0.6) is 5.75 Å². The normalized spacial score (nSPS) is 11.8. The van der Waals surface area contributed by atoms with E-state index in [1.54, 1.807) is 31.2 Å². The largest absolute Gasteiger partial charge is 0.497 e. The number of hydrogen-bond acceptors (Lipinski definition) is 5. The molecule has 0 unspecified atom stereocenters. The SMILES string of the molecule is CCCCn1c(CCC(=O)N(C)Cc2ccc(OC)cc2)nc2cc(S(=O)(=O)N(C)C)ccc21. The van der Waals surface area contributed by atoms with Crippen LogP contribution in [0.1, 0.15) is 37.6 Å². The fourth-order valence-electron chi connectivity index (χ4n) is 3.79. The lowest BCUT2D eigenvalue weighted by molar-refractivity contribution is -0.130. The van der Waals surface area contributed by atoms with Gasteiger partial charge in [-0.05, 0) is 42.3 Å². The minimum Gasteiger partial charge on any atom is -0.497 e. The maximum atomic E-state index is 12.8. The molecule has 34 heavy (non-hydrogen) atoms. The Morgan fingerprint density at radius 1 is 1.09 bits per heavy atom. The van der Waals surface area contributed by atoms with Crippen molar-refractivity contribution in [2.24, 2.45) is 0 Å². The van der Waals surface area contributed by atoms with Crippen LogP contribution in [0.25, 0.3) is 11.0 Å². The van der Waals surface area contributed by atoms with Crippen LogP contribution in [0, 0.1) is 0 Å². The average molecular weight is 487 g/mol. The smallest absolute Gasteiger partial charge is 0.242 e. The van der Waals surface area contributed by atoms with Crippen molar-refractivity contribution in [2.45, 2.75) is 50.6 Å². The van der Waals surface area contributed by atoms with Gasteiger partial charge < -0.3 is 14.2 Å². The zero-order chi connectivity index (χ0) is 24.9. The predicted molar refractivity (Wildman–Crippen MR) is 133 cm³/mol. The van der Waals surface area contributed by atoms with Crippen LogP contribution < -0.4 is 4.74 Å². The van der Waals surface area contributed by atoms with Gasteiger partial charge in [-0.1, -0.05) is 25.5 Å². The second-order valence-corrected chi connectivity index (χ2v) is 10.7. The quantitative estimate of drug-likeness (QED) is 0.413. The van der Waals surface area contributed by atoms with Gasteiger partial charge in [-0.3, -0.25) is 4.79 Å². The van der Waals surface area contributed by atoms with Crippen molar-refractivity contribution in [3.8, 4) is 5.75 Å². The number of aryl methyl sites for hydroxylation is 2. The highest BCUT2D eigenvalue weighted by molar-refractivity contribution is 7.89. The highest BCUT2D eigenvalue weighted by Gasteiger charge is 2.20. The second kappa shape index (κ2) is 11.0. The van der Waals surface area contributed by atoms with Crippen LogP contribution in [-0.4, -0.2) is 61.3 Å². The summed E-state index contributed by atoms with van der Waals surface area (Å²) >= 11 is 0. The molecule has 2 aromatic carbocycles. The fraction of sp³-hybridized carbons (Fsp3) is 0.440. The van der Waals surface area contributed by atoms with E-state index in [9.17, 15) is 13.2 Å². The first-order valence-electron chi connectivity index (χ1n) is 11.5. The average Bonchev–Trinajstić information content (AvgIpc) is 3.17. The molecule has 0 radical (unpaired) electrons. The summed E-state index contributed by atoms with van der Waals surface area (Å²) in [5.74, 6) is 1.61. The van der Waals surface area contributed by atoms with E-state index in [2.05, 4.69) is 11.5 Å². The predicted octanol–water partition coefficient (Wildman–Crippen LogP) is 3.69. The number of ether oxygens (including phenoxy) is 1. The summed E-state index contributed by atoms with van der Waals surface area (Å²) < 4.78 is 33.6. The van der Waals surface area contributed by atoms with Crippen molar-refractivity contribution in [1.29, 1.82) is 0 Å². The minimum atomic E-state index is -3.54. The second-order valence-electron chi connectivity index (χ2n) is 8.57. The van der Waals surface area contributed by atoms with Gasteiger partial charge in [0.25, 0.3) is 0 Å². The van der Waals surface area contributed by atoms with Crippen LogP contribution in [0.3, 0.4) is 0 Å². The van der Waals surface area contributed by atoms with Gasteiger partial charge in [0.1, 0.15) is 11.6 Å². The van der Waals surface area contributed by atoms with Crippen LogP contribution in [0.4, 0.5) is 0 Å². The highest BCUT2D eigenvalue weighted by atomic mass is 32.2. The van der Waals surface area contributed by atoms with Gasteiger partial charge in [-0.2, -0.15) is 0 Å². The number of aromatic nitrogens is 2. The zero-order valence-corrected chi connectivity index (χ0v) is 21.4. The lowest BCUT2D eigenvalue weighted by atomic mass is 10.2. The Morgan fingerprint density at radius 3 is 2.41 bits per heavy atom. The Balaban J connectivity index is 1.78. The van der Waals surface area contributed by atoms with Crippen LogP contribution >= 0.6 is 0 Å². The molecule has 0 saturated carbocycles. The number of nitrogens with zero attached hydrogens (tertiary/aromatic N) is 4. The third-order valence-electron chi connectivity index (χ3n) is 5.88. The third-order valence-corrected chi connectivity index (χ3v) is 7.69. The number of fused-ring (bicyclic) bond motifs is 1. The van der Waals surface area contributed by atoms with Crippen molar-refractivity contribution in [3.63, 3.8) is 0 Å². The summed E-state index contributed by atoms with van der Waals surface area (Å²) in [5, 5.41) is 0. The number of hydrogen-bond donors (Lipinski definition) is 0. The summed E-state index contributed by atoms with van der Waals surface area (Å²) in [6.07, 6.45) is 2.81. The number of rotatable bonds is 11. The van der Waals surface area contributed by atoms with Crippen LogP contribution in [-0.2, 0) is 34.3 Å². The summed E-state index contributed by atoms with van der Waals surface area (Å²) in [7, 11) is 2.90. The molecule has 0 N–H and O–H groups in total. The maximum Gasteiger partial charge on any atom is 0.242 e. The summed E-state index contributed by atoms with van der Waals surface area (Å²) in [5.41, 5.74) is 2.55. The van der Waals surface area contributed by atoms with Crippen LogP contribution in [0.15, 0.2) is 47.4 Å². The summed E-state index contributed by atoms with van der Waals surface area (Å²) in [6.45, 7) is 3.41. The first-order chi connectivity index (χ1) is 16.2. The van der Waals surface area contributed by atoms with E-state index < -0.39 is 10.0 Å². The molecular weight excluding hydrogens is 452 g/mol. The highest BCUT2D eigenvalue weighted by Crippen LogP contribution is 2.23. The summed E-state index contributed by atoms with van der Waals surface area (Å²) in [6, 6.07) is 12.7. The zero-order valence-electron chi connectivity index (χ0n) is 20.6. The standard InChI is InChI=1S/C25H34N4O4S/c1-6-7-16-29-23-13-12-21(34(31,32)27(2)3)17-22(23)26-24(29)14-15-25(30)28(4)18-19-8-10-20(33-5)11-9-19/h8-13,17H,6-7,14-16,18H2,1-5H3. The number of benzene rings is 2. The third kappa shape index (κ3) is 5.77. The number of methoxy groups -OCH3 is 1. The number of imidazole rings is 1. The van der Waals surface area contributed by atoms with Gasteiger partial charge >= 0.3 is 0 Å². The van der Waals surface area contributed by atoms with E-state index in [1.807, 2.05) is 30.3 Å². The number of unbranched alkanes of at least 4 members (excludes halogenated alkanes) is 1. The van der Waals surface area contributed by atoms with Crippen molar-refractivity contribution >= 4 is 27.0 Å².